The lowest BCUT2D eigenvalue weighted by molar-refractivity contribution is -0.169. The van der Waals surface area contributed by atoms with Gasteiger partial charge in [0.25, 0.3) is 0 Å². The smallest absolute Gasteiger partial charge is 0.386 e. The zero-order valence-electron chi connectivity index (χ0n) is 11.9. The van der Waals surface area contributed by atoms with Crippen LogP contribution in [0.15, 0.2) is 23.9 Å². The molecule has 2 atom stereocenters. The summed E-state index contributed by atoms with van der Waals surface area (Å²) < 4.78 is 42.3. The second-order valence-corrected chi connectivity index (χ2v) is 5.44. The molecule has 0 aliphatic carbocycles. The first-order valence-corrected chi connectivity index (χ1v) is 7.10. The fourth-order valence-corrected chi connectivity index (χ4v) is 2.28. The van der Waals surface area contributed by atoms with Crippen molar-refractivity contribution < 1.29 is 22.7 Å². The summed E-state index contributed by atoms with van der Waals surface area (Å²) in [6, 6.07) is -0.291. The van der Waals surface area contributed by atoms with Crippen LogP contribution in [-0.4, -0.2) is 36.9 Å². The maximum Gasteiger partial charge on any atom is 0.450 e. The molecule has 1 aliphatic heterocycles. The van der Waals surface area contributed by atoms with Crippen LogP contribution in [0, 0.1) is 11.3 Å². The molecule has 0 amide bonds. The number of carbonyl (C=O) groups is 1. The highest BCUT2D eigenvalue weighted by atomic mass is 35.5. The number of Topliss-reactive ketones (excluding diaryl/α,β-unsaturated/α-hetero) is 1. The summed E-state index contributed by atoms with van der Waals surface area (Å²) >= 11 is 5.83. The monoisotopic (exact) mass is 338 g/mol. The van der Waals surface area contributed by atoms with E-state index in [2.05, 4.69) is 11.9 Å². The molecule has 0 spiro atoms. The Morgan fingerprint density at radius 3 is 2.82 bits per heavy atom. The number of ether oxygens (including phenoxy) is 1. The van der Waals surface area contributed by atoms with Crippen LogP contribution in [0.1, 0.15) is 19.3 Å². The lowest BCUT2D eigenvalue weighted by atomic mass is 9.88. The Hall–Kier alpha value is -1.34. The predicted molar refractivity (Wildman–Crippen MR) is 78.0 cm³/mol. The molecule has 1 aliphatic rings. The van der Waals surface area contributed by atoms with Gasteiger partial charge in [0, 0.05) is 28.9 Å². The van der Waals surface area contributed by atoms with E-state index < -0.39 is 24.3 Å². The van der Waals surface area contributed by atoms with E-state index in [1.807, 2.05) is 0 Å². The number of alkyl halides is 3. The normalized spacial score (nSPS) is 19.8. The quantitative estimate of drug-likeness (QED) is 0.406. The van der Waals surface area contributed by atoms with Crippen LogP contribution < -0.4 is 5.32 Å². The molecule has 0 aromatic rings. The molecular formula is C14H18ClF3N2O2. The van der Waals surface area contributed by atoms with Gasteiger partial charge in [-0.1, -0.05) is 17.7 Å². The summed E-state index contributed by atoms with van der Waals surface area (Å²) in [5.41, 5.74) is -0.296. The summed E-state index contributed by atoms with van der Waals surface area (Å²) in [5.74, 6) is -2.55. The molecule has 0 aromatic carbocycles. The Kier molecular flexibility index (Phi) is 7.09. The van der Waals surface area contributed by atoms with Crippen LogP contribution in [0.3, 0.4) is 0 Å². The van der Waals surface area contributed by atoms with E-state index in [-0.39, 0.29) is 25.0 Å². The van der Waals surface area contributed by atoms with Gasteiger partial charge < -0.3 is 15.5 Å². The van der Waals surface area contributed by atoms with Gasteiger partial charge in [-0.3, -0.25) is 4.79 Å². The molecule has 0 saturated carbocycles. The molecule has 0 bridgehead atoms. The highest BCUT2D eigenvalue weighted by Gasteiger charge is 2.40. The molecule has 0 radical (unpaired) electrons. The van der Waals surface area contributed by atoms with Crippen molar-refractivity contribution in [2.75, 3.05) is 13.2 Å². The largest absolute Gasteiger partial charge is 0.450 e. The first-order valence-electron chi connectivity index (χ1n) is 6.72. The van der Waals surface area contributed by atoms with Gasteiger partial charge in [-0.05, 0) is 12.8 Å². The van der Waals surface area contributed by atoms with Crippen molar-refractivity contribution in [1.82, 2.24) is 5.32 Å². The summed E-state index contributed by atoms with van der Waals surface area (Å²) in [4.78, 5) is 11.1. The van der Waals surface area contributed by atoms with Crippen LogP contribution >= 0.6 is 11.6 Å². The van der Waals surface area contributed by atoms with Crippen molar-refractivity contribution in [2.24, 2.45) is 5.92 Å². The molecule has 0 aromatic heterocycles. The number of hydrogen-bond donors (Lipinski definition) is 2. The maximum atomic E-state index is 12.3. The van der Waals surface area contributed by atoms with Crippen molar-refractivity contribution in [3.63, 3.8) is 0 Å². The molecule has 1 rings (SSSR count). The highest BCUT2D eigenvalue weighted by molar-refractivity contribution is 6.29. The third-order valence-corrected chi connectivity index (χ3v) is 3.58. The second-order valence-electron chi connectivity index (χ2n) is 4.96. The Labute approximate surface area is 131 Å². The van der Waals surface area contributed by atoms with Crippen molar-refractivity contribution in [3.05, 3.63) is 23.9 Å². The molecule has 2 unspecified atom stereocenters. The van der Waals surface area contributed by atoms with Crippen LogP contribution in [0.2, 0.25) is 0 Å². The molecule has 1 heterocycles. The van der Waals surface area contributed by atoms with Crippen molar-refractivity contribution in [2.45, 2.75) is 31.5 Å². The minimum Gasteiger partial charge on any atom is -0.386 e. The van der Waals surface area contributed by atoms with Gasteiger partial charge in [-0.15, -0.1) is 6.58 Å². The van der Waals surface area contributed by atoms with Crippen molar-refractivity contribution in [3.8, 4) is 0 Å². The molecular weight excluding hydrogens is 321 g/mol. The number of hydrogen-bond acceptors (Lipinski definition) is 4. The summed E-state index contributed by atoms with van der Waals surface area (Å²) in [6.07, 6.45) is -1.69. The fraction of sp³-hybridized carbons (Fsp3) is 0.571. The van der Waals surface area contributed by atoms with Gasteiger partial charge >= 0.3 is 6.18 Å². The van der Waals surface area contributed by atoms with E-state index in [0.717, 1.165) is 0 Å². The molecule has 4 nitrogen and oxygen atoms in total. The van der Waals surface area contributed by atoms with E-state index in [9.17, 15) is 18.0 Å². The average Bonchev–Trinajstić information content (AvgIpc) is 2.44. The molecule has 124 valence electrons. The van der Waals surface area contributed by atoms with Gasteiger partial charge in [-0.2, -0.15) is 13.2 Å². The van der Waals surface area contributed by atoms with Crippen LogP contribution in [0.25, 0.3) is 0 Å². The first kappa shape index (κ1) is 18.7. The number of halogens is 4. The number of ketones is 1. The van der Waals surface area contributed by atoms with Gasteiger partial charge in [-0.25, -0.2) is 0 Å². The van der Waals surface area contributed by atoms with Gasteiger partial charge in [0.05, 0.1) is 19.6 Å². The Morgan fingerprint density at radius 1 is 1.64 bits per heavy atom. The maximum absolute atomic E-state index is 12.3. The third kappa shape index (κ3) is 5.81. The molecule has 0 saturated heterocycles. The lowest BCUT2D eigenvalue weighted by Crippen LogP contribution is -2.43. The molecule has 22 heavy (non-hydrogen) atoms. The topological polar surface area (TPSA) is 62.2 Å². The van der Waals surface area contributed by atoms with E-state index in [1.54, 1.807) is 6.20 Å². The zero-order valence-corrected chi connectivity index (χ0v) is 12.6. The van der Waals surface area contributed by atoms with Gasteiger partial charge in [0.1, 0.15) is 0 Å². The number of allylic oxidation sites excluding steroid dienone is 1. The fourth-order valence-electron chi connectivity index (χ4n) is 2.11. The first-order chi connectivity index (χ1) is 10.3. The highest BCUT2D eigenvalue weighted by Crippen LogP contribution is 2.24. The summed E-state index contributed by atoms with van der Waals surface area (Å²) in [5, 5.41) is 11.4. The standard InChI is InChI=1S/C14H18ClF3N2O2/c1-2-5-22-8-10(12-4-3-9(15)7-20-12)11(19)6-13(21)14(16,17)18/h2,7,10,12,19-20H,1,3-6,8H2. The van der Waals surface area contributed by atoms with Crippen LogP contribution in [-0.2, 0) is 9.53 Å². The van der Waals surface area contributed by atoms with E-state index >= 15 is 0 Å². The van der Waals surface area contributed by atoms with Gasteiger partial charge in [0.15, 0.2) is 0 Å². The van der Waals surface area contributed by atoms with Crippen molar-refractivity contribution in [1.29, 1.82) is 5.41 Å². The minimum atomic E-state index is -4.93. The molecule has 2 N–H and O–H groups in total. The average molecular weight is 339 g/mol. The molecule has 0 fully saturated rings. The summed E-state index contributed by atoms with van der Waals surface area (Å²) in [7, 11) is 0. The van der Waals surface area contributed by atoms with E-state index in [4.69, 9.17) is 21.7 Å². The number of carbonyl (C=O) groups excluding carboxylic acids is 1. The SMILES string of the molecule is C=CCOCC(C(=N)CC(=O)C(F)(F)F)C1CCC(Cl)=CN1. The zero-order chi connectivity index (χ0) is 16.8. The van der Waals surface area contributed by atoms with Crippen molar-refractivity contribution >= 4 is 23.1 Å². The molecule has 8 heteroatoms. The third-order valence-electron chi connectivity index (χ3n) is 3.28. The number of nitrogens with one attached hydrogen (secondary N) is 2. The Morgan fingerprint density at radius 2 is 2.32 bits per heavy atom. The van der Waals surface area contributed by atoms with E-state index in [1.165, 1.54) is 6.08 Å². The summed E-state index contributed by atoms with van der Waals surface area (Å²) in [6.45, 7) is 3.74. The predicted octanol–water partition coefficient (Wildman–Crippen LogP) is 3.18. The van der Waals surface area contributed by atoms with Crippen LogP contribution in [0.4, 0.5) is 13.2 Å². The van der Waals surface area contributed by atoms with E-state index in [0.29, 0.717) is 17.9 Å². The van der Waals surface area contributed by atoms with Gasteiger partial charge in [0.2, 0.25) is 5.78 Å². The lowest BCUT2D eigenvalue weighted by Gasteiger charge is -2.30. The Bertz CT molecular complexity index is 463. The second kappa shape index (κ2) is 8.33. The Balaban J connectivity index is 2.74. The minimum absolute atomic E-state index is 0.0408. The van der Waals surface area contributed by atoms with Crippen LogP contribution in [0.5, 0.6) is 0 Å². The number of rotatable bonds is 8.